The molecule has 118 valence electrons. The number of rotatable bonds is 6. The summed E-state index contributed by atoms with van der Waals surface area (Å²) < 4.78 is 0. The predicted molar refractivity (Wildman–Crippen MR) is 91.2 cm³/mol. The Morgan fingerprint density at radius 3 is 2.50 bits per heavy atom. The van der Waals surface area contributed by atoms with Crippen LogP contribution in [0.4, 0.5) is 0 Å². The highest BCUT2D eigenvalue weighted by molar-refractivity contribution is 5.85. The van der Waals surface area contributed by atoms with Crippen LogP contribution in [-0.4, -0.2) is 24.5 Å². The molecule has 2 rings (SSSR count). The number of hydrogen-bond acceptors (Lipinski definition) is 3. The summed E-state index contributed by atoms with van der Waals surface area (Å²) in [6, 6.07) is 14.0. The van der Waals surface area contributed by atoms with Crippen molar-refractivity contribution in [3.05, 3.63) is 65.5 Å². The van der Waals surface area contributed by atoms with Crippen molar-refractivity contribution < 1.29 is 4.79 Å². The molecule has 0 aliphatic heterocycles. The van der Waals surface area contributed by atoms with Crippen LogP contribution in [0.5, 0.6) is 0 Å². The maximum atomic E-state index is 11.9. The number of aryl methyl sites for hydroxylation is 1. The predicted octanol–water partition coefficient (Wildman–Crippen LogP) is 2.43. The van der Waals surface area contributed by atoms with Crippen molar-refractivity contribution in [3.63, 3.8) is 0 Å². The number of aromatic nitrogens is 1. The number of halogens is 1. The molecule has 1 aromatic carbocycles. The van der Waals surface area contributed by atoms with Crippen LogP contribution in [-0.2, 0) is 11.2 Å². The molecular formula is C17H22ClN3O. The van der Waals surface area contributed by atoms with Crippen LogP contribution < -0.4 is 10.6 Å². The van der Waals surface area contributed by atoms with E-state index >= 15 is 0 Å². The lowest BCUT2D eigenvalue weighted by Gasteiger charge is -2.18. The number of carbonyl (C=O) groups is 1. The fourth-order valence-electron chi connectivity index (χ4n) is 2.18. The zero-order chi connectivity index (χ0) is 15.1. The van der Waals surface area contributed by atoms with Gasteiger partial charge in [-0.15, -0.1) is 12.4 Å². The highest BCUT2D eigenvalue weighted by Gasteiger charge is 2.15. The van der Waals surface area contributed by atoms with E-state index in [0.29, 0.717) is 6.54 Å². The van der Waals surface area contributed by atoms with Gasteiger partial charge in [-0.2, -0.15) is 0 Å². The van der Waals surface area contributed by atoms with Gasteiger partial charge in [0.2, 0.25) is 5.91 Å². The number of likely N-dealkylation sites (N-methyl/N-ethyl adjacent to an activating group) is 1. The average Bonchev–Trinajstić information content (AvgIpc) is 2.50. The molecule has 5 heteroatoms. The second kappa shape index (κ2) is 9.18. The zero-order valence-corrected chi connectivity index (χ0v) is 13.7. The van der Waals surface area contributed by atoms with Crippen LogP contribution >= 0.6 is 12.4 Å². The highest BCUT2D eigenvalue weighted by atomic mass is 35.5. The average molecular weight is 320 g/mol. The van der Waals surface area contributed by atoms with E-state index in [1.54, 1.807) is 13.2 Å². The van der Waals surface area contributed by atoms with Gasteiger partial charge in [0.05, 0.1) is 18.3 Å². The maximum Gasteiger partial charge on any atom is 0.234 e. The van der Waals surface area contributed by atoms with Gasteiger partial charge in [-0.1, -0.05) is 35.9 Å². The number of nitrogens with one attached hydrogen (secondary N) is 2. The van der Waals surface area contributed by atoms with Crippen molar-refractivity contribution in [2.75, 3.05) is 13.6 Å². The van der Waals surface area contributed by atoms with Crippen LogP contribution in [0.3, 0.4) is 0 Å². The van der Waals surface area contributed by atoms with Gasteiger partial charge in [0, 0.05) is 6.20 Å². The van der Waals surface area contributed by atoms with Gasteiger partial charge in [0.25, 0.3) is 0 Å². The summed E-state index contributed by atoms with van der Waals surface area (Å²) in [6.07, 6.45) is 2.48. The Hall–Kier alpha value is -1.91. The van der Waals surface area contributed by atoms with E-state index in [-0.39, 0.29) is 24.4 Å². The van der Waals surface area contributed by atoms with Gasteiger partial charge in [-0.3, -0.25) is 9.78 Å². The Kier molecular flexibility index (Phi) is 7.57. The van der Waals surface area contributed by atoms with Crippen molar-refractivity contribution in [3.8, 4) is 0 Å². The van der Waals surface area contributed by atoms with Crippen molar-refractivity contribution in [1.29, 1.82) is 0 Å². The summed E-state index contributed by atoms with van der Waals surface area (Å²) in [7, 11) is 1.76. The van der Waals surface area contributed by atoms with Gasteiger partial charge in [0.1, 0.15) is 0 Å². The first kappa shape index (κ1) is 18.1. The van der Waals surface area contributed by atoms with E-state index < -0.39 is 0 Å². The van der Waals surface area contributed by atoms with Gasteiger partial charge in [-0.05, 0) is 38.1 Å². The number of nitrogens with zero attached hydrogens (tertiary/aromatic N) is 1. The number of hydrogen-bond donors (Lipinski definition) is 2. The molecule has 2 aromatic rings. The number of benzene rings is 1. The molecule has 0 aliphatic rings. The fraction of sp³-hybridized carbons (Fsp3) is 0.294. The minimum absolute atomic E-state index is 0. The fourth-order valence-corrected chi connectivity index (χ4v) is 2.18. The van der Waals surface area contributed by atoms with Crippen molar-refractivity contribution in [1.82, 2.24) is 15.6 Å². The summed E-state index contributed by atoms with van der Waals surface area (Å²) in [5, 5.41) is 5.90. The summed E-state index contributed by atoms with van der Waals surface area (Å²) >= 11 is 0. The summed E-state index contributed by atoms with van der Waals surface area (Å²) in [5.74, 6) is -0.0275. The molecule has 0 bridgehead atoms. The van der Waals surface area contributed by atoms with Crippen molar-refractivity contribution in [2.45, 2.75) is 19.4 Å². The monoisotopic (exact) mass is 319 g/mol. The minimum Gasteiger partial charge on any atom is -0.346 e. The molecule has 0 saturated carbocycles. The lowest BCUT2D eigenvalue weighted by Crippen LogP contribution is -2.36. The van der Waals surface area contributed by atoms with E-state index in [1.165, 1.54) is 11.1 Å². The van der Waals surface area contributed by atoms with Gasteiger partial charge >= 0.3 is 0 Å². The van der Waals surface area contributed by atoms with E-state index in [0.717, 1.165) is 12.1 Å². The molecule has 1 heterocycles. The van der Waals surface area contributed by atoms with Gasteiger partial charge in [-0.25, -0.2) is 0 Å². The summed E-state index contributed by atoms with van der Waals surface area (Å²) in [4.78, 5) is 16.2. The van der Waals surface area contributed by atoms with Gasteiger partial charge in [0.15, 0.2) is 0 Å². The van der Waals surface area contributed by atoms with E-state index in [4.69, 9.17) is 0 Å². The molecule has 2 N–H and O–H groups in total. The third-order valence-electron chi connectivity index (χ3n) is 3.28. The summed E-state index contributed by atoms with van der Waals surface area (Å²) in [6.45, 7) is 2.37. The van der Waals surface area contributed by atoms with Crippen LogP contribution in [0, 0.1) is 6.92 Å². The maximum absolute atomic E-state index is 11.9. The third-order valence-corrected chi connectivity index (χ3v) is 3.28. The number of amides is 1. The number of pyridine rings is 1. The standard InChI is InChI=1S/C17H21N3O.ClH/c1-13-6-8-14(9-7-13)11-16(20-17(21)12-18-2)15-5-3-4-10-19-15;/h3-10,16,18H,11-12H2,1-2H3,(H,20,21);1H. The molecule has 0 fully saturated rings. The second-order valence-corrected chi connectivity index (χ2v) is 5.09. The molecule has 4 nitrogen and oxygen atoms in total. The Morgan fingerprint density at radius 1 is 1.18 bits per heavy atom. The first-order valence-electron chi connectivity index (χ1n) is 7.09. The zero-order valence-electron chi connectivity index (χ0n) is 12.9. The van der Waals surface area contributed by atoms with E-state index in [9.17, 15) is 4.79 Å². The van der Waals surface area contributed by atoms with Crippen molar-refractivity contribution >= 4 is 18.3 Å². The SMILES string of the molecule is CNCC(=O)NC(Cc1ccc(C)cc1)c1ccccn1.Cl. The van der Waals surface area contributed by atoms with Crippen molar-refractivity contribution in [2.24, 2.45) is 0 Å². The molecule has 1 atom stereocenters. The third kappa shape index (κ3) is 5.47. The summed E-state index contributed by atoms with van der Waals surface area (Å²) in [5.41, 5.74) is 3.29. The van der Waals surface area contributed by atoms with Crippen LogP contribution in [0.2, 0.25) is 0 Å². The molecule has 0 spiro atoms. The first-order chi connectivity index (χ1) is 10.2. The van der Waals surface area contributed by atoms with E-state index in [1.807, 2.05) is 18.2 Å². The first-order valence-corrected chi connectivity index (χ1v) is 7.09. The minimum atomic E-state index is -0.116. The largest absolute Gasteiger partial charge is 0.346 e. The lowest BCUT2D eigenvalue weighted by atomic mass is 10.0. The Bertz CT molecular complexity index is 572. The van der Waals surface area contributed by atoms with Crippen LogP contribution in [0.1, 0.15) is 22.9 Å². The topological polar surface area (TPSA) is 54.0 Å². The smallest absolute Gasteiger partial charge is 0.234 e. The number of carbonyl (C=O) groups excluding carboxylic acids is 1. The Morgan fingerprint density at radius 2 is 1.91 bits per heavy atom. The molecular weight excluding hydrogens is 298 g/mol. The van der Waals surface area contributed by atoms with Gasteiger partial charge < -0.3 is 10.6 Å². The molecule has 0 saturated heterocycles. The molecule has 22 heavy (non-hydrogen) atoms. The quantitative estimate of drug-likeness (QED) is 0.860. The van der Waals surface area contributed by atoms with Crippen LogP contribution in [0.25, 0.3) is 0 Å². The molecule has 0 aliphatic carbocycles. The van der Waals surface area contributed by atoms with Crippen LogP contribution in [0.15, 0.2) is 48.7 Å². The Balaban J connectivity index is 0.00000242. The molecule has 1 unspecified atom stereocenters. The van der Waals surface area contributed by atoms with E-state index in [2.05, 4.69) is 46.8 Å². The molecule has 1 aromatic heterocycles. The molecule has 1 amide bonds. The Labute approximate surface area is 137 Å². The molecule has 0 radical (unpaired) electrons. The normalized spacial score (nSPS) is 11.4. The lowest BCUT2D eigenvalue weighted by molar-refractivity contribution is -0.120. The highest BCUT2D eigenvalue weighted by Crippen LogP contribution is 2.17. The second-order valence-electron chi connectivity index (χ2n) is 5.09.